The van der Waals surface area contributed by atoms with Gasteiger partial charge in [0.1, 0.15) is 23.8 Å². The van der Waals surface area contributed by atoms with Gasteiger partial charge in [-0.15, -0.1) is 0 Å². The van der Waals surface area contributed by atoms with Gasteiger partial charge in [-0.3, -0.25) is 0 Å². The number of nitrogens with zero attached hydrogens (tertiary/aromatic N) is 1. The van der Waals surface area contributed by atoms with Gasteiger partial charge in [-0.1, -0.05) is 17.3 Å². The Morgan fingerprint density at radius 1 is 1.29 bits per heavy atom. The monoisotopic (exact) mass is 233 g/mol. The summed E-state index contributed by atoms with van der Waals surface area (Å²) in [5.41, 5.74) is 1.87. The van der Waals surface area contributed by atoms with Gasteiger partial charge in [-0.05, 0) is 31.0 Å². The standard InChI is InChI=1S/C13H15NO3/c1-10-8-12(14-17-10)9-16-13-4-2-11(3-5-13)6-7-15/h2-5,8,15H,6-7,9H2,1H3. The van der Waals surface area contributed by atoms with Crippen molar-refractivity contribution < 1.29 is 14.4 Å². The largest absolute Gasteiger partial charge is 0.487 e. The van der Waals surface area contributed by atoms with Crippen LogP contribution in [0.5, 0.6) is 5.75 Å². The zero-order chi connectivity index (χ0) is 12.1. The first-order valence-corrected chi connectivity index (χ1v) is 5.53. The highest BCUT2D eigenvalue weighted by Gasteiger charge is 2.01. The highest BCUT2D eigenvalue weighted by molar-refractivity contribution is 5.27. The summed E-state index contributed by atoms with van der Waals surface area (Å²) >= 11 is 0. The topological polar surface area (TPSA) is 55.5 Å². The molecule has 0 fully saturated rings. The van der Waals surface area contributed by atoms with Crippen LogP contribution in [0.3, 0.4) is 0 Å². The fourth-order valence-electron chi connectivity index (χ4n) is 1.52. The number of rotatable bonds is 5. The van der Waals surface area contributed by atoms with Crippen molar-refractivity contribution in [2.24, 2.45) is 0 Å². The van der Waals surface area contributed by atoms with E-state index in [1.54, 1.807) is 0 Å². The van der Waals surface area contributed by atoms with Crippen LogP contribution in [0.2, 0.25) is 0 Å². The SMILES string of the molecule is Cc1cc(COc2ccc(CCO)cc2)no1. The quantitative estimate of drug-likeness (QED) is 0.859. The van der Waals surface area contributed by atoms with Crippen LogP contribution in [0.25, 0.3) is 0 Å². The Morgan fingerprint density at radius 2 is 2.06 bits per heavy atom. The van der Waals surface area contributed by atoms with Gasteiger partial charge in [-0.2, -0.15) is 0 Å². The molecule has 0 spiro atoms. The summed E-state index contributed by atoms with van der Waals surface area (Å²) in [6.07, 6.45) is 0.669. The molecule has 0 aliphatic carbocycles. The first-order chi connectivity index (χ1) is 8.28. The minimum atomic E-state index is 0.165. The summed E-state index contributed by atoms with van der Waals surface area (Å²) in [6, 6.07) is 9.51. The van der Waals surface area contributed by atoms with Gasteiger partial charge in [0, 0.05) is 12.7 Å². The summed E-state index contributed by atoms with van der Waals surface area (Å²) in [4.78, 5) is 0. The summed E-state index contributed by atoms with van der Waals surface area (Å²) in [7, 11) is 0. The van der Waals surface area contributed by atoms with Gasteiger partial charge < -0.3 is 14.4 Å². The van der Waals surface area contributed by atoms with Crippen molar-refractivity contribution in [1.82, 2.24) is 5.16 Å². The first kappa shape index (κ1) is 11.7. The van der Waals surface area contributed by atoms with Crippen molar-refractivity contribution in [3.8, 4) is 5.75 Å². The van der Waals surface area contributed by atoms with E-state index in [9.17, 15) is 0 Å². The smallest absolute Gasteiger partial charge is 0.134 e. The predicted molar refractivity (Wildman–Crippen MR) is 62.8 cm³/mol. The van der Waals surface area contributed by atoms with Crippen LogP contribution in [-0.4, -0.2) is 16.9 Å². The molecule has 90 valence electrons. The van der Waals surface area contributed by atoms with E-state index >= 15 is 0 Å². The molecule has 2 aromatic rings. The molecule has 1 aromatic heterocycles. The Bertz CT molecular complexity index is 462. The first-order valence-electron chi connectivity index (χ1n) is 5.53. The van der Waals surface area contributed by atoms with E-state index in [2.05, 4.69) is 5.16 Å². The number of hydrogen-bond acceptors (Lipinski definition) is 4. The van der Waals surface area contributed by atoms with Crippen LogP contribution < -0.4 is 4.74 Å². The van der Waals surface area contributed by atoms with Gasteiger partial charge in [0.2, 0.25) is 0 Å². The Balaban J connectivity index is 1.90. The number of ether oxygens (including phenoxy) is 1. The lowest BCUT2D eigenvalue weighted by Gasteiger charge is -2.04. The van der Waals surface area contributed by atoms with Crippen LogP contribution in [0.1, 0.15) is 17.0 Å². The Kier molecular flexibility index (Phi) is 3.77. The molecule has 1 heterocycles. The molecule has 17 heavy (non-hydrogen) atoms. The fourth-order valence-corrected chi connectivity index (χ4v) is 1.52. The maximum Gasteiger partial charge on any atom is 0.134 e. The third-order valence-electron chi connectivity index (χ3n) is 2.39. The highest BCUT2D eigenvalue weighted by atomic mass is 16.5. The average Bonchev–Trinajstić information content (AvgIpc) is 2.75. The fraction of sp³-hybridized carbons (Fsp3) is 0.308. The zero-order valence-corrected chi connectivity index (χ0v) is 9.72. The third-order valence-corrected chi connectivity index (χ3v) is 2.39. The highest BCUT2D eigenvalue weighted by Crippen LogP contribution is 2.14. The summed E-state index contributed by atoms with van der Waals surface area (Å²) in [5, 5.41) is 12.6. The Labute approximate surface area is 99.8 Å². The molecular formula is C13H15NO3. The van der Waals surface area contributed by atoms with Gasteiger partial charge in [0.25, 0.3) is 0 Å². The number of aliphatic hydroxyl groups excluding tert-OH is 1. The molecule has 1 aromatic carbocycles. The van der Waals surface area contributed by atoms with Crippen LogP contribution in [0.15, 0.2) is 34.9 Å². The van der Waals surface area contributed by atoms with E-state index in [0.717, 1.165) is 22.8 Å². The van der Waals surface area contributed by atoms with E-state index in [1.807, 2.05) is 37.3 Å². The Morgan fingerprint density at radius 3 is 2.65 bits per heavy atom. The molecule has 0 radical (unpaired) electrons. The van der Waals surface area contributed by atoms with Crippen molar-refractivity contribution in [1.29, 1.82) is 0 Å². The van der Waals surface area contributed by atoms with Gasteiger partial charge >= 0.3 is 0 Å². The number of aryl methyl sites for hydroxylation is 1. The molecule has 0 saturated carbocycles. The van der Waals surface area contributed by atoms with E-state index in [0.29, 0.717) is 13.0 Å². The second kappa shape index (κ2) is 5.50. The molecule has 4 nitrogen and oxygen atoms in total. The Hall–Kier alpha value is -1.81. The van der Waals surface area contributed by atoms with Crippen LogP contribution in [0, 0.1) is 6.92 Å². The second-order valence-electron chi connectivity index (χ2n) is 3.84. The molecule has 0 aliphatic heterocycles. The number of benzene rings is 1. The summed E-state index contributed by atoms with van der Waals surface area (Å²) in [6.45, 7) is 2.41. The molecule has 0 saturated heterocycles. The van der Waals surface area contributed by atoms with E-state index < -0.39 is 0 Å². The molecular weight excluding hydrogens is 218 g/mol. The lowest BCUT2D eigenvalue weighted by molar-refractivity contribution is 0.287. The molecule has 0 unspecified atom stereocenters. The van der Waals surface area contributed by atoms with Crippen LogP contribution >= 0.6 is 0 Å². The van der Waals surface area contributed by atoms with E-state index in [-0.39, 0.29) is 6.61 Å². The molecule has 0 bridgehead atoms. The van der Waals surface area contributed by atoms with E-state index in [1.165, 1.54) is 0 Å². The number of hydrogen-bond donors (Lipinski definition) is 1. The van der Waals surface area contributed by atoms with Gasteiger partial charge in [-0.25, -0.2) is 0 Å². The van der Waals surface area contributed by atoms with Crippen molar-refractivity contribution in [2.75, 3.05) is 6.61 Å². The average molecular weight is 233 g/mol. The number of aliphatic hydroxyl groups is 1. The van der Waals surface area contributed by atoms with E-state index in [4.69, 9.17) is 14.4 Å². The van der Waals surface area contributed by atoms with Crippen LogP contribution in [-0.2, 0) is 13.0 Å². The minimum Gasteiger partial charge on any atom is -0.487 e. The third kappa shape index (κ3) is 3.32. The normalized spacial score (nSPS) is 10.5. The van der Waals surface area contributed by atoms with Crippen molar-refractivity contribution >= 4 is 0 Å². The minimum absolute atomic E-state index is 0.165. The zero-order valence-electron chi connectivity index (χ0n) is 9.72. The van der Waals surface area contributed by atoms with Crippen LogP contribution in [0.4, 0.5) is 0 Å². The predicted octanol–water partition coefficient (Wildman–Crippen LogP) is 2.10. The van der Waals surface area contributed by atoms with Crippen molar-refractivity contribution in [3.63, 3.8) is 0 Å². The molecule has 0 amide bonds. The maximum absolute atomic E-state index is 8.79. The van der Waals surface area contributed by atoms with Crippen molar-refractivity contribution in [3.05, 3.63) is 47.3 Å². The molecule has 1 N–H and O–H groups in total. The number of aromatic nitrogens is 1. The lowest BCUT2D eigenvalue weighted by atomic mass is 10.1. The molecule has 4 heteroatoms. The summed E-state index contributed by atoms with van der Waals surface area (Å²) < 4.78 is 10.5. The maximum atomic E-state index is 8.79. The van der Waals surface area contributed by atoms with Gasteiger partial charge in [0.15, 0.2) is 0 Å². The molecule has 0 aliphatic rings. The molecule has 0 atom stereocenters. The second-order valence-corrected chi connectivity index (χ2v) is 3.84. The van der Waals surface area contributed by atoms with Crippen molar-refractivity contribution in [2.45, 2.75) is 20.0 Å². The lowest BCUT2D eigenvalue weighted by Crippen LogP contribution is -1.96. The summed E-state index contributed by atoms with van der Waals surface area (Å²) in [5.74, 6) is 1.56. The van der Waals surface area contributed by atoms with Gasteiger partial charge in [0.05, 0.1) is 0 Å². The molecule has 2 rings (SSSR count).